The first-order valence-corrected chi connectivity index (χ1v) is 21.7. The second-order valence-electron chi connectivity index (χ2n) is 16.9. The number of pyridine rings is 1. The Kier molecular flexibility index (Phi) is 7.14. The Morgan fingerprint density at radius 1 is 0.302 bits per heavy atom. The number of furan rings is 1. The lowest BCUT2D eigenvalue weighted by Gasteiger charge is -2.21. The maximum atomic E-state index is 7.08. The zero-order valence-corrected chi connectivity index (χ0v) is 34.1. The van der Waals surface area contributed by atoms with Crippen LogP contribution in [0.2, 0.25) is 0 Å². The van der Waals surface area contributed by atoms with Crippen LogP contribution in [0.25, 0.3) is 142 Å². The molecule has 14 rings (SSSR count). The van der Waals surface area contributed by atoms with Crippen LogP contribution in [0.5, 0.6) is 0 Å². The molecular formula is C61H35NO. The molecule has 2 aromatic heterocycles. The molecule has 0 aliphatic carbocycles. The number of rotatable bonds is 3. The van der Waals surface area contributed by atoms with Gasteiger partial charge >= 0.3 is 0 Å². The predicted molar refractivity (Wildman–Crippen MR) is 268 cm³/mol. The molecule has 0 N–H and O–H groups in total. The molecule has 0 bridgehead atoms. The van der Waals surface area contributed by atoms with E-state index in [1.54, 1.807) is 0 Å². The molecule has 0 unspecified atom stereocenters. The minimum absolute atomic E-state index is 0.900. The highest BCUT2D eigenvalue weighted by molar-refractivity contribution is 6.32. The SMILES string of the molecule is c1ccc(-c2nc3cc4ccccc4cc3c3c2cc(-c2c4ccccc4c(-c4cc5ccccc5c5c4oc4cc6ccccc6cc45)c4ccccc24)c2ccccc23)cc1. The summed E-state index contributed by atoms with van der Waals surface area (Å²) in [5.41, 5.74) is 9.58. The van der Waals surface area contributed by atoms with E-state index >= 15 is 0 Å². The summed E-state index contributed by atoms with van der Waals surface area (Å²) in [5.74, 6) is 0. The molecule has 0 aliphatic rings. The fourth-order valence-corrected chi connectivity index (χ4v) is 10.8. The van der Waals surface area contributed by atoms with Gasteiger partial charge in [-0.15, -0.1) is 0 Å². The molecular weight excluding hydrogens is 763 g/mol. The Morgan fingerprint density at radius 3 is 1.44 bits per heavy atom. The summed E-state index contributed by atoms with van der Waals surface area (Å²) in [4.78, 5) is 5.52. The molecule has 0 saturated carbocycles. The highest BCUT2D eigenvalue weighted by Crippen LogP contribution is 2.51. The van der Waals surface area contributed by atoms with E-state index in [-0.39, 0.29) is 0 Å². The van der Waals surface area contributed by atoms with Crippen molar-refractivity contribution in [1.82, 2.24) is 4.98 Å². The van der Waals surface area contributed by atoms with Crippen LogP contribution < -0.4 is 0 Å². The largest absolute Gasteiger partial charge is 0.455 e. The van der Waals surface area contributed by atoms with Crippen molar-refractivity contribution in [3.05, 3.63) is 212 Å². The topological polar surface area (TPSA) is 26.0 Å². The highest BCUT2D eigenvalue weighted by atomic mass is 16.3. The number of benzene rings is 12. The van der Waals surface area contributed by atoms with Crippen LogP contribution in [-0.2, 0) is 0 Å². The molecule has 290 valence electrons. The van der Waals surface area contributed by atoms with Gasteiger partial charge < -0.3 is 4.42 Å². The second-order valence-corrected chi connectivity index (χ2v) is 16.9. The molecule has 2 nitrogen and oxygen atoms in total. The van der Waals surface area contributed by atoms with E-state index in [0.29, 0.717) is 0 Å². The molecule has 0 fully saturated rings. The summed E-state index contributed by atoms with van der Waals surface area (Å²) < 4.78 is 7.08. The maximum absolute atomic E-state index is 7.08. The molecule has 14 aromatic rings. The summed E-state index contributed by atoms with van der Waals surface area (Å²) in [6.07, 6.45) is 0. The van der Waals surface area contributed by atoms with Gasteiger partial charge in [0.15, 0.2) is 0 Å². The summed E-state index contributed by atoms with van der Waals surface area (Å²) in [7, 11) is 0. The maximum Gasteiger partial charge on any atom is 0.143 e. The lowest BCUT2D eigenvalue weighted by molar-refractivity contribution is 0.671. The van der Waals surface area contributed by atoms with E-state index < -0.39 is 0 Å². The van der Waals surface area contributed by atoms with E-state index in [0.717, 1.165) is 55.0 Å². The molecule has 2 heterocycles. The molecule has 0 atom stereocenters. The third kappa shape index (κ3) is 4.98. The van der Waals surface area contributed by atoms with Gasteiger partial charge in [-0.25, -0.2) is 4.98 Å². The van der Waals surface area contributed by atoms with E-state index in [2.05, 4.69) is 212 Å². The summed E-state index contributed by atoms with van der Waals surface area (Å²) in [5, 5.41) is 20.2. The van der Waals surface area contributed by atoms with Crippen molar-refractivity contribution in [2.24, 2.45) is 0 Å². The molecule has 63 heavy (non-hydrogen) atoms. The first-order valence-electron chi connectivity index (χ1n) is 21.7. The van der Waals surface area contributed by atoms with Crippen molar-refractivity contribution in [2.75, 3.05) is 0 Å². The van der Waals surface area contributed by atoms with Crippen molar-refractivity contribution in [2.45, 2.75) is 0 Å². The first-order chi connectivity index (χ1) is 31.2. The zero-order valence-electron chi connectivity index (χ0n) is 34.1. The van der Waals surface area contributed by atoms with Gasteiger partial charge in [0.25, 0.3) is 0 Å². The Labute approximate surface area is 361 Å². The van der Waals surface area contributed by atoms with Gasteiger partial charge in [-0.3, -0.25) is 0 Å². The van der Waals surface area contributed by atoms with E-state index in [1.807, 2.05) is 0 Å². The van der Waals surface area contributed by atoms with Crippen LogP contribution >= 0.6 is 0 Å². The number of hydrogen-bond donors (Lipinski definition) is 0. The minimum atomic E-state index is 0.900. The van der Waals surface area contributed by atoms with Crippen molar-refractivity contribution < 1.29 is 4.42 Å². The highest BCUT2D eigenvalue weighted by Gasteiger charge is 2.24. The smallest absolute Gasteiger partial charge is 0.143 e. The zero-order chi connectivity index (χ0) is 41.2. The van der Waals surface area contributed by atoms with Gasteiger partial charge in [0.05, 0.1) is 11.2 Å². The number of hydrogen-bond acceptors (Lipinski definition) is 2. The Hall–Kier alpha value is -8.33. The molecule has 0 amide bonds. The van der Waals surface area contributed by atoms with Crippen molar-refractivity contribution >= 4 is 108 Å². The molecule has 2 heteroatoms. The molecule has 0 spiro atoms. The third-order valence-electron chi connectivity index (χ3n) is 13.5. The van der Waals surface area contributed by atoms with Gasteiger partial charge in [-0.2, -0.15) is 0 Å². The van der Waals surface area contributed by atoms with Gasteiger partial charge in [0, 0.05) is 43.6 Å². The van der Waals surface area contributed by atoms with Crippen LogP contribution in [-0.4, -0.2) is 4.98 Å². The van der Waals surface area contributed by atoms with Crippen molar-refractivity contribution in [1.29, 1.82) is 0 Å². The predicted octanol–water partition coefficient (Wildman–Crippen LogP) is 17.2. The standard InChI is InChI=1S/C61H35NO/c1-2-16-36(17-3-1)60-52-35-49(43-24-10-11-25-44(43)58(52)50-30-37-18-4-6-20-39(37)33-54(50)62-60)56-45-26-12-14-28-47(45)57(48-29-15-13-27-46(48)56)53-32-41-22-8-9-23-42(41)59-51-31-38-19-5-7-21-40(38)34-55(51)63-61(53)59/h1-35H. The first kappa shape index (κ1) is 34.4. The van der Waals surface area contributed by atoms with Gasteiger partial charge in [0.2, 0.25) is 0 Å². The van der Waals surface area contributed by atoms with Crippen LogP contribution in [0.15, 0.2) is 217 Å². The van der Waals surface area contributed by atoms with E-state index in [1.165, 1.54) is 86.7 Å². The average molecular weight is 798 g/mol. The number of nitrogens with zero attached hydrogens (tertiary/aromatic N) is 1. The fraction of sp³-hybridized carbons (Fsp3) is 0. The Morgan fingerprint density at radius 2 is 0.794 bits per heavy atom. The van der Waals surface area contributed by atoms with Crippen LogP contribution in [0.1, 0.15) is 0 Å². The second kappa shape index (κ2) is 13.1. The molecule has 12 aromatic carbocycles. The lowest BCUT2D eigenvalue weighted by Crippen LogP contribution is -1.95. The molecule has 0 radical (unpaired) electrons. The van der Waals surface area contributed by atoms with E-state index in [4.69, 9.17) is 9.40 Å². The summed E-state index contributed by atoms with van der Waals surface area (Å²) >= 11 is 0. The van der Waals surface area contributed by atoms with Gasteiger partial charge in [-0.05, 0) is 112 Å². The fourth-order valence-electron chi connectivity index (χ4n) is 10.8. The Balaban J connectivity index is 1.14. The minimum Gasteiger partial charge on any atom is -0.455 e. The monoisotopic (exact) mass is 797 g/mol. The normalized spacial score (nSPS) is 12.1. The summed E-state index contributed by atoms with van der Waals surface area (Å²) in [6.45, 7) is 0. The summed E-state index contributed by atoms with van der Waals surface area (Å²) in [6, 6.07) is 77.5. The van der Waals surface area contributed by atoms with Crippen molar-refractivity contribution in [3.8, 4) is 33.5 Å². The van der Waals surface area contributed by atoms with Crippen LogP contribution in [0.3, 0.4) is 0 Å². The quantitative estimate of drug-likeness (QED) is 0.131. The van der Waals surface area contributed by atoms with Gasteiger partial charge in [-0.1, -0.05) is 176 Å². The van der Waals surface area contributed by atoms with Crippen LogP contribution in [0, 0.1) is 0 Å². The van der Waals surface area contributed by atoms with E-state index in [9.17, 15) is 0 Å². The van der Waals surface area contributed by atoms with Gasteiger partial charge in [0.1, 0.15) is 11.2 Å². The lowest BCUT2D eigenvalue weighted by atomic mass is 9.82. The third-order valence-corrected chi connectivity index (χ3v) is 13.5. The number of fused-ring (bicyclic) bond motifs is 14. The Bertz CT molecular complexity index is 4200. The molecule has 0 saturated heterocycles. The number of aromatic nitrogens is 1. The van der Waals surface area contributed by atoms with Crippen LogP contribution in [0.4, 0.5) is 0 Å². The average Bonchev–Trinajstić information content (AvgIpc) is 3.72. The molecule has 0 aliphatic heterocycles. The van der Waals surface area contributed by atoms with Crippen molar-refractivity contribution in [3.63, 3.8) is 0 Å².